The first-order chi connectivity index (χ1) is 29.1. The van der Waals surface area contributed by atoms with Gasteiger partial charge in [0.05, 0.1) is 16.9 Å². The van der Waals surface area contributed by atoms with E-state index < -0.39 is 13.3 Å². The molecule has 3 nitrogen and oxygen atoms in total. The largest absolute Gasteiger partial charge is 0 e. The Morgan fingerprint density at radius 3 is 1.95 bits per heavy atom. The molecule has 1 radical (unpaired) electrons. The summed E-state index contributed by atoms with van der Waals surface area (Å²) in [5.74, 6) is 8.78. The predicted molar refractivity (Wildman–Crippen MR) is 261 cm³/mol. The fourth-order valence-corrected chi connectivity index (χ4v) is 11.6. The van der Waals surface area contributed by atoms with E-state index in [4.69, 9.17) is 4.98 Å². The van der Waals surface area contributed by atoms with E-state index in [1.807, 2.05) is 17.4 Å². The van der Waals surface area contributed by atoms with Crippen molar-refractivity contribution < 1.29 is 20.1 Å². The van der Waals surface area contributed by atoms with Crippen LogP contribution in [-0.2, 0) is 20.1 Å². The number of hydrogen-bond acceptors (Lipinski definition) is 3. The van der Waals surface area contributed by atoms with Gasteiger partial charge >= 0.3 is 123 Å². The van der Waals surface area contributed by atoms with Crippen LogP contribution in [0.25, 0.3) is 81.4 Å². The van der Waals surface area contributed by atoms with Crippen LogP contribution in [0, 0.1) is 12.1 Å². The molecule has 305 valence electrons. The third-order valence-electron chi connectivity index (χ3n) is 11.5. The maximum Gasteiger partial charge on any atom is 0 e. The van der Waals surface area contributed by atoms with Crippen LogP contribution in [0.5, 0.6) is 0 Å². The van der Waals surface area contributed by atoms with E-state index in [9.17, 15) is 0 Å². The molecule has 3 heterocycles. The molecule has 0 atom stereocenters. The van der Waals surface area contributed by atoms with Gasteiger partial charge in [0.15, 0.2) is 0 Å². The number of nitrogens with zero attached hydrogens (tertiary/aromatic N) is 3. The van der Waals surface area contributed by atoms with Gasteiger partial charge in [-0.05, 0) is 74.5 Å². The molecular weight excluding hydrogens is 1000 g/mol. The molecule has 0 spiro atoms. The van der Waals surface area contributed by atoms with Crippen molar-refractivity contribution in [2.45, 2.75) is 56.8 Å². The van der Waals surface area contributed by atoms with Gasteiger partial charge < -0.3 is 4.57 Å². The van der Waals surface area contributed by atoms with E-state index in [0.717, 1.165) is 33.7 Å². The Morgan fingerprint density at radius 1 is 0.607 bits per heavy atom. The summed E-state index contributed by atoms with van der Waals surface area (Å²) in [5.41, 5.74) is 11.7. The third-order valence-corrected chi connectivity index (χ3v) is 16.9. The molecule has 0 unspecified atom stereocenters. The van der Waals surface area contributed by atoms with Crippen LogP contribution >= 0.6 is 11.3 Å². The summed E-state index contributed by atoms with van der Waals surface area (Å²) in [4.78, 5) is 9.98. The van der Waals surface area contributed by atoms with Gasteiger partial charge in [-0.25, -0.2) is 0 Å². The number of benzene rings is 7. The summed E-state index contributed by atoms with van der Waals surface area (Å²) in [6, 6.07) is 60.8. The van der Waals surface area contributed by atoms with Crippen LogP contribution in [0.1, 0.15) is 50.7 Å². The van der Waals surface area contributed by atoms with Gasteiger partial charge in [0, 0.05) is 30.5 Å². The molecule has 0 aliphatic heterocycles. The van der Waals surface area contributed by atoms with Gasteiger partial charge in [-0.1, -0.05) is 99.3 Å². The number of thiophene rings is 1. The van der Waals surface area contributed by atoms with Crippen LogP contribution in [0.15, 0.2) is 158 Å². The fraction of sp³-hybridized carbons (Fsp3) is 0.164. The smallest absolute Gasteiger partial charge is 0 e. The van der Waals surface area contributed by atoms with Crippen molar-refractivity contribution in [2.75, 3.05) is 0 Å². The minimum Gasteiger partial charge on any atom is 0 e. The molecule has 0 aliphatic carbocycles. The minimum atomic E-state index is -1.78. The second-order valence-electron chi connectivity index (χ2n) is 17.3. The van der Waals surface area contributed by atoms with Crippen LogP contribution in [-0.4, -0.2) is 27.8 Å². The fourth-order valence-electron chi connectivity index (χ4n) is 8.25. The Labute approximate surface area is 380 Å². The number of para-hydroxylation sites is 2. The van der Waals surface area contributed by atoms with Crippen molar-refractivity contribution in [3.8, 4) is 39.5 Å². The average Bonchev–Trinajstić information content (AvgIpc) is 3.85. The van der Waals surface area contributed by atoms with Gasteiger partial charge in [-0.3, -0.25) is 4.98 Å². The van der Waals surface area contributed by atoms with Gasteiger partial charge in [0.1, 0.15) is 0 Å². The van der Waals surface area contributed by atoms with E-state index in [1.54, 1.807) is 0 Å². The molecule has 10 rings (SSSR count). The maximum atomic E-state index is 5.30. The molecule has 6 heteroatoms. The molecule has 0 bridgehead atoms. The topological polar surface area (TPSA) is 30.7 Å². The molecule has 10 aromatic rings. The number of imidazole rings is 1. The normalized spacial score (nSPS) is 11.7. The number of hydrogen-bond donors (Lipinski definition) is 0. The molecule has 0 saturated carbocycles. The van der Waals surface area contributed by atoms with Crippen LogP contribution < -0.4 is 4.40 Å². The molecule has 7 aromatic carbocycles. The molecule has 61 heavy (non-hydrogen) atoms. The summed E-state index contributed by atoms with van der Waals surface area (Å²) in [6.45, 7) is 9.20. The van der Waals surface area contributed by atoms with Gasteiger partial charge in [-0.15, -0.1) is 18.2 Å². The van der Waals surface area contributed by atoms with E-state index in [1.165, 1.54) is 63.3 Å². The Bertz CT molecular complexity index is 3100. The molecule has 3 aromatic heterocycles. The van der Waals surface area contributed by atoms with Crippen molar-refractivity contribution in [1.29, 1.82) is 0 Å². The molecule has 0 N–H and O–H groups in total. The van der Waals surface area contributed by atoms with Crippen LogP contribution in [0.3, 0.4) is 0 Å². The van der Waals surface area contributed by atoms with Gasteiger partial charge in [0.2, 0.25) is 0 Å². The zero-order valence-electron chi connectivity index (χ0n) is 35.7. The SMILES string of the molecule is CC(C)c1cc(-c2ccccc2)cc(C(C)C)c1-n1c(-c2[c-]ccc3c2sc2ccccc23)nc2ccccc21.[CH3][Ge]([CH3])([CH3])[c]1ccc(-c2[c-]ccc3ccccc23)nc1.[Ir]. The monoisotopic (exact) mass is 1050 g/mol. The Kier molecular flexibility index (Phi) is 12.3. The number of aromatic nitrogens is 3. The number of rotatable bonds is 7. The quantitative estimate of drug-likeness (QED) is 0.118. The second-order valence-corrected chi connectivity index (χ2v) is 29.0. The summed E-state index contributed by atoms with van der Waals surface area (Å²) in [5, 5.41) is 5.01. The Balaban J connectivity index is 0.000000206. The average molecular weight is 1050 g/mol. The van der Waals surface area contributed by atoms with Gasteiger partial charge in [-0.2, -0.15) is 11.3 Å². The standard InChI is InChI=1S/C37H31N2S.C18H18GeN.Ir/c1-23(2)30-21-26(25-13-6-5-7-14-25)22-31(24(3)4)35(30)39-33-19-10-9-18-32(33)38-37(39)29-17-12-16-28-27-15-8-11-20-34(27)40-36(28)29;1-19(2,3)15-11-12-18(20-13-15)17-10-6-8-14-7-4-5-9-16(14)17;/h5-16,18-24H,1-4H3;4-9,11-13H,1-3H3;/q2*-1;. The minimum absolute atomic E-state index is 0. The molecular formula is C55H49GeIrN3S-2. The maximum absolute atomic E-state index is 5.30. The van der Waals surface area contributed by atoms with Gasteiger partial charge in [0.25, 0.3) is 0 Å². The summed E-state index contributed by atoms with van der Waals surface area (Å²) in [7, 11) is 0. The van der Waals surface area contributed by atoms with E-state index in [-0.39, 0.29) is 20.1 Å². The zero-order valence-corrected chi connectivity index (χ0v) is 41.1. The number of pyridine rings is 1. The van der Waals surface area contributed by atoms with E-state index >= 15 is 0 Å². The molecule has 0 aliphatic rings. The van der Waals surface area contributed by atoms with Crippen molar-refractivity contribution >= 4 is 71.0 Å². The third kappa shape index (κ3) is 8.30. The summed E-state index contributed by atoms with van der Waals surface area (Å²) >= 11 is 0.0537. The zero-order chi connectivity index (χ0) is 41.5. The molecule has 0 saturated heterocycles. The van der Waals surface area contributed by atoms with Crippen molar-refractivity contribution in [3.63, 3.8) is 0 Å². The van der Waals surface area contributed by atoms with Crippen molar-refractivity contribution in [1.82, 2.24) is 14.5 Å². The number of fused-ring (bicyclic) bond motifs is 5. The predicted octanol–water partition coefficient (Wildman–Crippen LogP) is 15.0. The van der Waals surface area contributed by atoms with E-state index in [0.29, 0.717) is 11.8 Å². The van der Waals surface area contributed by atoms with Crippen molar-refractivity contribution in [3.05, 3.63) is 181 Å². The molecule has 0 fully saturated rings. The first-order valence-electron chi connectivity index (χ1n) is 21.0. The second kappa shape index (κ2) is 17.7. The first kappa shape index (κ1) is 42.5. The van der Waals surface area contributed by atoms with E-state index in [2.05, 4.69) is 218 Å². The summed E-state index contributed by atoms with van der Waals surface area (Å²) in [6.07, 6.45) is 2.06. The summed E-state index contributed by atoms with van der Waals surface area (Å²) < 4.78 is 6.39. The first-order valence-corrected chi connectivity index (χ1v) is 29.1. The van der Waals surface area contributed by atoms with Crippen molar-refractivity contribution in [2.24, 2.45) is 0 Å². The Morgan fingerprint density at radius 2 is 1.25 bits per heavy atom. The molecule has 0 amide bonds. The van der Waals surface area contributed by atoms with Crippen LogP contribution in [0.2, 0.25) is 17.3 Å². The van der Waals surface area contributed by atoms with Crippen LogP contribution in [0.4, 0.5) is 0 Å². The Hall–Kier alpha value is -5.17.